The first-order valence-corrected chi connectivity index (χ1v) is 7.00. The highest BCUT2D eigenvalue weighted by Crippen LogP contribution is 2.27. The van der Waals surface area contributed by atoms with Gasteiger partial charge in [-0.25, -0.2) is 8.42 Å². The molecule has 1 saturated heterocycles. The van der Waals surface area contributed by atoms with Crippen molar-refractivity contribution in [2.24, 2.45) is 11.8 Å². The SMILES string of the molecule is O=C(O)C(COCC(F)(F)F)C1CCS(=O)(=O)C1. The molecule has 1 rings (SSSR count). The largest absolute Gasteiger partial charge is 0.481 e. The minimum atomic E-state index is -4.52. The zero-order valence-corrected chi connectivity index (χ0v) is 10.1. The Hall–Kier alpha value is -0.830. The molecule has 0 aromatic rings. The fourth-order valence-electron chi connectivity index (χ4n) is 1.85. The van der Waals surface area contributed by atoms with Gasteiger partial charge in [0.25, 0.3) is 0 Å². The fourth-order valence-corrected chi connectivity index (χ4v) is 3.73. The lowest BCUT2D eigenvalue weighted by Crippen LogP contribution is -2.31. The second-order valence-electron chi connectivity index (χ2n) is 4.24. The lowest BCUT2D eigenvalue weighted by Gasteiger charge is -2.18. The first-order valence-electron chi connectivity index (χ1n) is 5.18. The maximum Gasteiger partial charge on any atom is 0.411 e. The summed E-state index contributed by atoms with van der Waals surface area (Å²) in [5.74, 6) is -3.66. The van der Waals surface area contributed by atoms with Crippen LogP contribution >= 0.6 is 0 Å². The summed E-state index contributed by atoms with van der Waals surface area (Å²) in [5.41, 5.74) is 0. The summed E-state index contributed by atoms with van der Waals surface area (Å²) in [4.78, 5) is 10.9. The van der Waals surface area contributed by atoms with Gasteiger partial charge in [0.05, 0.1) is 24.0 Å². The van der Waals surface area contributed by atoms with Gasteiger partial charge >= 0.3 is 12.1 Å². The van der Waals surface area contributed by atoms with Gasteiger partial charge in [0.1, 0.15) is 6.61 Å². The lowest BCUT2D eigenvalue weighted by atomic mass is 9.93. The average Bonchev–Trinajstić information content (AvgIpc) is 2.51. The number of carboxylic acids is 1. The number of ether oxygens (including phenoxy) is 1. The van der Waals surface area contributed by atoms with Crippen LogP contribution < -0.4 is 0 Å². The number of alkyl halides is 3. The molecule has 0 aromatic carbocycles. The number of carboxylic acid groups (broad SMARTS) is 1. The van der Waals surface area contributed by atoms with Crippen molar-refractivity contribution in [1.29, 1.82) is 0 Å². The van der Waals surface area contributed by atoms with E-state index in [0.29, 0.717) is 0 Å². The highest BCUT2D eigenvalue weighted by atomic mass is 32.2. The number of hydrogen-bond acceptors (Lipinski definition) is 4. The third kappa shape index (κ3) is 4.81. The van der Waals surface area contributed by atoms with Crippen molar-refractivity contribution in [1.82, 2.24) is 0 Å². The molecule has 0 saturated carbocycles. The molecule has 0 radical (unpaired) electrons. The first kappa shape index (κ1) is 15.2. The van der Waals surface area contributed by atoms with E-state index in [0.717, 1.165) is 0 Å². The first-order chi connectivity index (χ1) is 8.11. The van der Waals surface area contributed by atoms with Crippen molar-refractivity contribution in [3.63, 3.8) is 0 Å². The summed E-state index contributed by atoms with van der Waals surface area (Å²) >= 11 is 0. The molecule has 106 valence electrons. The topological polar surface area (TPSA) is 80.7 Å². The molecule has 1 aliphatic heterocycles. The molecule has 1 heterocycles. The van der Waals surface area contributed by atoms with Gasteiger partial charge in [-0.2, -0.15) is 13.2 Å². The van der Waals surface area contributed by atoms with E-state index in [9.17, 15) is 26.4 Å². The molecule has 5 nitrogen and oxygen atoms in total. The number of carbonyl (C=O) groups is 1. The van der Waals surface area contributed by atoms with Crippen molar-refractivity contribution < 1.29 is 36.2 Å². The molecule has 1 N–H and O–H groups in total. The zero-order valence-electron chi connectivity index (χ0n) is 9.31. The van der Waals surface area contributed by atoms with E-state index in [1.807, 2.05) is 0 Å². The van der Waals surface area contributed by atoms with E-state index in [4.69, 9.17) is 5.11 Å². The molecule has 1 aliphatic rings. The Morgan fingerprint density at radius 1 is 1.44 bits per heavy atom. The summed E-state index contributed by atoms with van der Waals surface area (Å²) in [5, 5.41) is 8.88. The number of hydrogen-bond donors (Lipinski definition) is 1. The Kier molecular flexibility index (Phi) is 4.60. The van der Waals surface area contributed by atoms with E-state index in [-0.39, 0.29) is 17.9 Å². The number of aliphatic carboxylic acids is 1. The number of halogens is 3. The van der Waals surface area contributed by atoms with Crippen LogP contribution in [0.5, 0.6) is 0 Å². The van der Waals surface area contributed by atoms with Crippen LogP contribution in [-0.4, -0.2) is 50.4 Å². The smallest absolute Gasteiger partial charge is 0.411 e. The quantitative estimate of drug-likeness (QED) is 0.806. The minimum Gasteiger partial charge on any atom is -0.481 e. The molecule has 9 heteroatoms. The molecule has 0 aromatic heterocycles. The molecular formula is C9H13F3O5S. The maximum absolute atomic E-state index is 11.8. The van der Waals surface area contributed by atoms with Crippen molar-refractivity contribution >= 4 is 15.8 Å². The number of rotatable bonds is 5. The van der Waals surface area contributed by atoms with E-state index in [1.165, 1.54) is 0 Å². The van der Waals surface area contributed by atoms with Gasteiger partial charge in [0.2, 0.25) is 0 Å². The van der Waals surface area contributed by atoms with Crippen molar-refractivity contribution in [2.75, 3.05) is 24.7 Å². The van der Waals surface area contributed by atoms with Crippen molar-refractivity contribution in [3.05, 3.63) is 0 Å². The van der Waals surface area contributed by atoms with Gasteiger partial charge in [-0.3, -0.25) is 4.79 Å². The third-order valence-electron chi connectivity index (χ3n) is 2.72. The molecule has 0 amide bonds. The molecule has 0 spiro atoms. The molecule has 1 fully saturated rings. The van der Waals surface area contributed by atoms with Crippen molar-refractivity contribution in [2.45, 2.75) is 12.6 Å². The zero-order chi connectivity index (χ0) is 14.0. The number of sulfone groups is 1. The Balaban J connectivity index is 2.54. The van der Waals surface area contributed by atoms with Crippen LogP contribution in [0.2, 0.25) is 0 Å². The summed E-state index contributed by atoms with van der Waals surface area (Å²) in [6, 6.07) is 0. The van der Waals surface area contributed by atoms with E-state index >= 15 is 0 Å². The monoisotopic (exact) mass is 290 g/mol. The Labute approximate surface area is 102 Å². The Bertz CT molecular complexity index is 403. The van der Waals surface area contributed by atoms with Crippen LogP contribution in [0.1, 0.15) is 6.42 Å². The van der Waals surface area contributed by atoms with Gasteiger partial charge in [0, 0.05) is 0 Å². The summed E-state index contributed by atoms with van der Waals surface area (Å²) in [7, 11) is -3.27. The van der Waals surface area contributed by atoms with E-state index < -0.39 is 47.0 Å². The van der Waals surface area contributed by atoms with Crippen molar-refractivity contribution in [3.8, 4) is 0 Å². The predicted octanol–water partition coefficient (Wildman–Crippen LogP) is 0.701. The van der Waals surface area contributed by atoms with E-state index in [2.05, 4.69) is 4.74 Å². The standard InChI is InChI=1S/C9H13F3O5S/c10-9(11,12)5-17-3-7(8(13)14)6-1-2-18(15,16)4-6/h6-7H,1-5H2,(H,13,14). The van der Waals surface area contributed by atoms with Crippen LogP contribution in [0, 0.1) is 11.8 Å². The summed E-state index contributed by atoms with van der Waals surface area (Å²) in [6.07, 6.45) is -4.38. The van der Waals surface area contributed by atoms with Gasteiger partial charge in [-0.15, -0.1) is 0 Å². The molecule has 0 bridgehead atoms. The van der Waals surface area contributed by atoms with E-state index in [1.54, 1.807) is 0 Å². The van der Waals surface area contributed by atoms with Crippen LogP contribution in [0.25, 0.3) is 0 Å². The summed E-state index contributed by atoms with van der Waals surface area (Å²) < 4.78 is 62.2. The molecule has 18 heavy (non-hydrogen) atoms. The lowest BCUT2D eigenvalue weighted by molar-refractivity contribution is -0.181. The highest BCUT2D eigenvalue weighted by molar-refractivity contribution is 7.91. The van der Waals surface area contributed by atoms with Gasteiger partial charge in [-0.1, -0.05) is 0 Å². The third-order valence-corrected chi connectivity index (χ3v) is 4.51. The highest BCUT2D eigenvalue weighted by Gasteiger charge is 2.38. The Morgan fingerprint density at radius 3 is 2.44 bits per heavy atom. The molecule has 2 unspecified atom stereocenters. The second kappa shape index (κ2) is 5.43. The molecule has 2 atom stereocenters. The van der Waals surface area contributed by atoms with Crippen LogP contribution in [0.15, 0.2) is 0 Å². The van der Waals surface area contributed by atoms with Gasteiger partial charge in [-0.05, 0) is 12.3 Å². The fraction of sp³-hybridized carbons (Fsp3) is 0.889. The predicted molar refractivity (Wildman–Crippen MR) is 54.8 cm³/mol. The molecular weight excluding hydrogens is 277 g/mol. The van der Waals surface area contributed by atoms with Crippen LogP contribution in [0.3, 0.4) is 0 Å². The Morgan fingerprint density at radius 2 is 2.06 bits per heavy atom. The average molecular weight is 290 g/mol. The molecule has 0 aliphatic carbocycles. The minimum absolute atomic E-state index is 0.124. The summed E-state index contributed by atoms with van der Waals surface area (Å²) in [6.45, 7) is -2.16. The second-order valence-corrected chi connectivity index (χ2v) is 6.47. The van der Waals surface area contributed by atoms with Gasteiger partial charge < -0.3 is 9.84 Å². The maximum atomic E-state index is 11.8. The normalized spacial score (nSPS) is 24.9. The van der Waals surface area contributed by atoms with Gasteiger partial charge in [0.15, 0.2) is 9.84 Å². The van der Waals surface area contributed by atoms with Crippen LogP contribution in [-0.2, 0) is 19.4 Å². The van der Waals surface area contributed by atoms with Crippen LogP contribution in [0.4, 0.5) is 13.2 Å².